The first kappa shape index (κ1) is 20.8. The number of aromatic nitrogens is 1. The van der Waals surface area contributed by atoms with Crippen LogP contribution in [0.5, 0.6) is 11.5 Å². The van der Waals surface area contributed by atoms with Gasteiger partial charge >= 0.3 is 0 Å². The summed E-state index contributed by atoms with van der Waals surface area (Å²) in [6.45, 7) is 4.35. The molecule has 0 fully saturated rings. The monoisotopic (exact) mass is 428 g/mol. The number of hydrogen-bond acceptors (Lipinski definition) is 4. The van der Waals surface area contributed by atoms with E-state index >= 15 is 0 Å². The zero-order valence-corrected chi connectivity index (χ0v) is 17.4. The molecule has 1 aromatic heterocycles. The average Bonchev–Trinajstić information content (AvgIpc) is 2.69. The largest absolute Gasteiger partial charge is 0.490 e. The Morgan fingerprint density at radius 3 is 2.52 bits per heavy atom. The summed E-state index contributed by atoms with van der Waals surface area (Å²) in [7, 11) is 0. The molecule has 0 amide bonds. The minimum atomic E-state index is -0.416. The lowest BCUT2D eigenvalue weighted by molar-refractivity contribution is 0.269. The van der Waals surface area contributed by atoms with Gasteiger partial charge in [-0.05, 0) is 55.3 Å². The summed E-state index contributed by atoms with van der Waals surface area (Å²) in [5.41, 5.74) is 2.42. The van der Waals surface area contributed by atoms with Crippen LogP contribution in [0, 0.1) is 18.3 Å². The second-order valence-corrected chi connectivity index (χ2v) is 7.13. The first-order valence-electron chi connectivity index (χ1n) is 8.91. The number of nitrogens with one attached hydrogen (secondary N) is 1. The van der Waals surface area contributed by atoms with Gasteiger partial charge < -0.3 is 14.5 Å². The van der Waals surface area contributed by atoms with Crippen LogP contribution in [0.25, 0.3) is 11.1 Å². The molecule has 0 unspecified atom stereocenters. The van der Waals surface area contributed by atoms with E-state index in [1.807, 2.05) is 19.1 Å². The van der Waals surface area contributed by atoms with E-state index in [1.165, 1.54) is 0 Å². The van der Waals surface area contributed by atoms with Crippen molar-refractivity contribution in [1.29, 1.82) is 5.26 Å². The van der Waals surface area contributed by atoms with Crippen molar-refractivity contribution in [2.75, 3.05) is 6.61 Å². The van der Waals surface area contributed by atoms with Gasteiger partial charge in [-0.15, -0.1) is 0 Å². The van der Waals surface area contributed by atoms with E-state index in [0.717, 1.165) is 5.56 Å². The van der Waals surface area contributed by atoms with Crippen LogP contribution in [0.15, 0.2) is 47.3 Å². The van der Waals surface area contributed by atoms with E-state index in [1.54, 1.807) is 43.3 Å². The minimum absolute atomic E-state index is 0.0579. The van der Waals surface area contributed by atoms with Crippen LogP contribution in [-0.2, 0) is 6.61 Å². The van der Waals surface area contributed by atoms with Crippen molar-refractivity contribution in [3.8, 4) is 28.7 Å². The van der Waals surface area contributed by atoms with Gasteiger partial charge in [0.15, 0.2) is 11.5 Å². The number of aromatic amines is 1. The summed E-state index contributed by atoms with van der Waals surface area (Å²) in [5, 5.41) is 10.3. The average molecular weight is 429 g/mol. The second kappa shape index (κ2) is 9.04. The maximum atomic E-state index is 12.1. The molecular formula is C22H18Cl2N2O3. The molecule has 2 aromatic carbocycles. The van der Waals surface area contributed by atoms with Gasteiger partial charge in [-0.25, -0.2) is 0 Å². The van der Waals surface area contributed by atoms with Crippen molar-refractivity contribution in [2.24, 2.45) is 0 Å². The lowest BCUT2D eigenvalue weighted by Crippen LogP contribution is -2.12. The molecule has 29 heavy (non-hydrogen) atoms. The van der Waals surface area contributed by atoms with Gasteiger partial charge in [0.05, 0.1) is 16.7 Å². The highest BCUT2D eigenvalue weighted by Crippen LogP contribution is 2.34. The molecule has 0 saturated carbocycles. The van der Waals surface area contributed by atoms with Gasteiger partial charge in [-0.3, -0.25) is 4.79 Å². The number of ether oxygens (including phenoxy) is 2. The summed E-state index contributed by atoms with van der Waals surface area (Å²) >= 11 is 12.0. The van der Waals surface area contributed by atoms with Crippen LogP contribution in [0.1, 0.15) is 23.7 Å². The molecule has 0 aliphatic heterocycles. The number of halogens is 2. The first-order valence-corrected chi connectivity index (χ1v) is 9.66. The van der Waals surface area contributed by atoms with Crippen LogP contribution in [0.3, 0.4) is 0 Å². The third-order valence-corrected chi connectivity index (χ3v) is 4.95. The molecule has 148 valence electrons. The topological polar surface area (TPSA) is 75.1 Å². The van der Waals surface area contributed by atoms with Gasteiger partial charge in [-0.2, -0.15) is 5.26 Å². The van der Waals surface area contributed by atoms with Crippen LogP contribution < -0.4 is 15.0 Å². The SMILES string of the molecule is CCOc1cc(-c2cc(C)[nH]c(=O)c2C#N)ccc1OCc1ccc(Cl)c(Cl)c1. The Hall–Kier alpha value is -2.94. The Kier molecular flexibility index (Phi) is 6.48. The quantitative estimate of drug-likeness (QED) is 0.561. The molecule has 7 heteroatoms. The highest BCUT2D eigenvalue weighted by molar-refractivity contribution is 6.42. The van der Waals surface area contributed by atoms with Gasteiger partial charge in [-0.1, -0.05) is 35.3 Å². The predicted octanol–water partition coefficient (Wildman–Crippen LogP) is 5.51. The van der Waals surface area contributed by atoms with Gasteiger partial charge in [0, 0.05) is 11.3 Å². The highest BCUT2D eigenvalue weighted by Gasteiger charge is 2.14. The first-order chi connectivity index (χ1) is 13.9. The zero-order chi connectivity index (χ0) is 21.0. The van der Waals surface area contributed by atoms with E-state index in [9.17, 15) is 10.1 Å². The molecular weight excluding hydrogens is 411 g/mol. The Labute approximate surface area is 178 Å². The van der Waals surface area contributed by atoms with Crippen LogP contribution in [-0.4, -0.2) is 11.6 Å². The summed E-state index contributed by atoms with van der Waals surface area (Å²) in [6.07, 6.45) is 0. The number of rotatable bonds is 6. The summed E-state index contributed by atoms with van der Waals surface area (Å²) in [6, 6.07) is 14.4. The van der Waals surface area contributed by atoms with Crippen LogP contribution in [0.2, 0.25) is 10.0 Å². The summed E-state index contributed by atoms with van der Waals surface area (Å²) < 4.78 is 11.6. The smallest absolute Gasteiger partial charge is 0.266 e. The molecule has 3 rings (SSSR count). The molecule has 0 spiro atoms. The Bertz CT molecular complexity index is 1150. The van der Waals surface area contributed by atoms with E-state index in [4.69, 9.17) is 32.7 Å². The van der Waals surface area contributed by atoms with E-state index in [2.05, 4.69) is 4.98 Å². The Morgan fingerprint density at radius 2 is 1.83 bits per heavy atom. The Morgan fingerprint density at radius 1 is 1.03 bits per heavy atom. The number of hydrogen-bond donors (Lipinski definition) is 1. The fourth-order valence-corrected chi connectivity index (χ4v) is 3.20. The zero-order valence-electron chi connectivity index (χ0n) is 15.9. The number of nitriles is 1. The number of H-pyrrole nitrogens is 1. The fourth-order valence-electron chi connectivity index (χ4n) is 2.88. The third-order valence-electron chi connectivity index (χ3n) is 4.21. The van der Waals surface area contributed by atoms with E-state index in [-0.39, 0.29) is 12.2 Å². The molecule has 5 nitrogen and oxygen atoms in total. The van der Waals surface area contributed by atoms with Crippen LogP contribution >= 0.6 is 23.2 Å². The number of pyridine rings is 1. The summed E-state index contributed by atoms with van der Waals surface area (Å²) in [4.78, 5) is 14.7. The summed E-state index contributed by atoms with van der Waals surface area (Å²) in [5.74, 6) is 1.06. The predicted molar refractivity (Wildman–Crippen MR) is 114 cm³/mol. The molecule has 0 radical (unpaired) electrons. The second-order valence-electron chi connectivity index (χ2n) is 6.31. The van der Waals surface area contributed by atoms with Crippen molar-refractivity contribution in [2.45, 2.75) is 20.5 Å². The molecule has 0 atom stereocenters. The molecule has 0 bridgehead atoms. The van der Waals surface area contributed by atoms with Crippen LogP contribution in [0.4, 0.5) is 0 Å². The molecule has 0 aliphatic rings. The van der Waals surface area contributed by atoms with E-state index < -0.39 is 5.56 Å². The van der Waals surface area contributed by atoms with Crippen molar-refractivity contribution in [3.63, 3.8) is 0 Å². The van der Waals surface area contributed by atoms with Crippen molar-refractivity contribution in [1.82, 2.24) is 4.98 Å². The number of benzene rings is 2. The molecule has 1 heterocycles. The van der Waals surface area contributed by atoms with Crippen molar-refractivity contribution in [3.05, 3.63) is 79.7 Å². The number of nitrogens with zero attached hydrogens (tertiary/aromatic N) is 1. The highest BCUT2D eigenvalue weighted by atomic mass is 35.5. The normalized spacial score (nSPS) is 10.4. The van der Waals surface area contributed by atoms with Crippen molar-refractivity contribution < 1.29 is 9.47 Å². The molecule has 0 aliphatic carbocycles. The maximum absolute atomic E-state index is 12.1. The minimum Gasteiger partial charge on any atom is -0.490 e. The molecule has 0 saturated heterocycles. The van der Waals surface area contributed by atoms with Gasteiger partial charge in [0.25, 0.3) is 5.56 Å². The molecule has 1 N–H and O–H groups in total. The maximum Gasteiger partial charge on any atom is 0.266 e. The fraction of sp³-hybridized carbons (Fsp3) is 0.182. The number of aryl methyl sites for hydroxylation is 1. The molecule has 3 aromatic rings. The lowest BCUT2D eigenvalue weighted by atomic mass is 10.0. The van der Waals surface area contributed by atoms with Gasteiger partial charge in [0.2, 0.25) is 0 Å². The standard InChI is InChI=1S/C22H18Cl2N2O3/c1-3-28-21-10-15(16-8-13(2)26-22(27)17(16)11-25)5-7-20(21)29-12-14-4-6-18(23)19(24)9-14/h4-10H,3,12H2,1-2H3,(H,26,27). The lowest BCUT2D eigenvalue weighted by Gasteiger charge is -2.14. The van der Waals surface area contributed by atoms with Gasteiger partial charge in [0.1, 0.15) is 18.2 Å². The van der Waals surface area contributed by atoms with Crippen molar-refractivity contribution >= 4 is 23.2 Å². The van der Waals surface area contributed by atoms with E-state index in [0.29, 0.717) is 45.0 Å². The Balaban J connectivity index is 1.94. The third kappa shape index (κ3) is 4.73.